The molecule has 0 fully saturated rings. The Balaban J connectivity index is 2.28. The highest BCUT2D eigenvalue weighted by Gasteiger charge is 2.09. The van der Waals surface area contributed by atoms with E-state index in [-0.39, 0.29) is 0 Å². The van der Waals surface area contributed by atoms with Crippen LogP contribution in [-0.2, 0) is 0 Å². The summed E-state index contributed by atoms with van der Waals surface area (Å²) < 4.78 is 5.21. The third-order valence-corrected chi connectivity index (χ3v) is 2.83. The number of hydrogen-bond acceptors (Lipinski definition) is 6. The van der Waals surface area contributed by atoms with E-state index in [1.54, 1.807) is 6.26 Å². The molecule has 2 heterocycles. The van der Waals surface area contributed by atoms with Crippen LogP contribution in [0.15, 0.2) is 27.3 Å². The predicted molar refractivity (Wildman–Crippen MR) is 56.5 cm³/mol. The zero-order chi connectivity index (χ0) is 10.8. The number of nitrogens with zero attached hydrogens (tertiary/aromatic N) is 3. The summed E-state index contributed by atoms with van der Waals surface area (Å²) in [6, 6.07) is 0. The van der Waals surface area contributed by atoms with Gasteiger partial charge in [-0.25, -0.2) is 15.0 Å². The minimum Gasteiger partial charge on any atom is -0.439 e. The van der Waals surface area contributed by atoms with Gasteiger partial charge in [-0.15, -0.1) is 0 Å². The summed E-state index contributed by atoms with van der Waals surface area (Å²) in [4.78, 5) is 12.2. The monoisotopic (exact) mass is 222 g/mol. The molecule has 0 aliphatic carbocycles. The molecule has 0 aromatic carbocycles. The summed E-state index contributed by atoms with van der Waals surface area (Å²) in [5.41, 5.74) is 7.35. The van der Waals surface area contributed by atoms with Crippen molar-refractivity contribution in [3.05, 3.63) is 23.8 Å². The molecule has 0 atom stereocenters. The maximum atomic E-state index is 5.66. The first-order valence-electron chi connectivity index (χ1n) is 4.34. The van der Waals surface area contributed by atoms with Gasteiger partial charge in [0.25, 0.3) is 5.22 Å². The van der Waals surface area contributed by atoms with Gasteiger partial charge < -0.3 is 10.2 Å². The Kier molecular flexibility index (Phi) is 2.59. The molecule has 2 aromatic heterocycles. The van der Waals surface area contributed by atoms with E-state index in [0.717, 1.165) is 16.3 Å². The van der Waals surface area contributed by atoms with Crippen LogP contribution in [-0.4, -0.2) is 15.0 Å². The number of aromatic nitrogens is 3. The smallest absolute Gasteiger partial charge is 0.262 e. The van der Waals surface area contributed by atoms with Gasteiger partial charge >= 0.3 is 0 Å². The largest absolute Gasteiger partial charge is 0.439 e. The fraction of sp³-hybridized carbons (Fsp3) is 0.222. The second-order valence-corrected chi connectivity index (χ2v) is 3.99. The lowest BCUT2D eigenvalue weighted by Crippen LogP contribution is -1.97. The van der Waals surface area contributed by atoms with E-state index >= 15 is 0 Å². The molecular formula is C9H10N4OS. The van der Waals surface area contributed by atoms with Gasteiger partial charge in [-0.3, -0.25) is 0 Å². The molecule has 0 amide bonds. The molecule has 5 nitrogen and oxygen atoms in total. The quantitative estimate of drug-likeness (QED) is 0.781. The van der Waals surface area contributed by atoms with Crippen LogP contribution >= 0.6 is 11.8 Å². The summed E-state index contributed by atoms with van der Waals surface area (Å²) in [7, 11) is 0. The van der Waals surface area contributed by atoms with Gasteiger partial charge in [0.15, 0.2) is 0 Å². The standard InChI is InChI=1S/C9H10N4OS/c1-5-3-14-9(13-5)15-8-6(2)7(10)11-4-12-8/h3-4H,1-2H3,(H2,10,11,12). The first-order valence-corrected chi connectivity index (χ1v) is 5.15. The van der Waals surface area contributed by atoms with Gasteiger partial charge in [-0.05, 0) is 25.6 Å². The molecule has 0 saturated carbocycles. The average molecular weight is 222 g/mol. The Bertz CT molecular complexity index is 483. The molecule has 6 heteroatoms. The van der Waals surface area contributed by atoms with Crippen LogP contribution in [0.1, 0.15) is 11.3 Å². The zero-order valence-corrected chi connectivity index (χ0v) is 9.21. The van der Waals surface area contributed by atoms with Crippen molar-refractivity contribution < 1.29 is 4.42 Å². The number of aryl methyl sites for hydroxylation is 1. The first-order chi connectivity index (χ1) is 7.16. The average Bonchev–Trinajstić information content (AvgIpc) is 2.59. The number of nitrogen functional groups attached to an aromatic ring is 1. The van der Waals surface area contributed by atoms with E-state index in [1.165, 1.54) is 18.1 Å². The molecule has 78 valence electrons. The van der Waals surface area contributed by atoms with Crippen molar-refractivity contribution in [2.24, 2.45) is 0 Å². The Morgan fingerprint density at radius 3 is 2.80 bits per heavy atom. The van der Waals surface area contributed by atoms with E-state index in [1.807, 2.05) is 13.8 Å². The molecule has 0 spiro atoms. The lowest BCUT2D eigenvalue weighted by Gasteiger charge is -2.02. The van der Waals surface area contributed by atoms with Gasteiger partial charge in [0.1, 0.15) is 23.4 Å². The lowest BCUT2D eigenvalue weighted by atomic mass is 10.4. The zero-order valence-electron chi connectivity index (χ0n) is 8.39. The Morgan fingerprint density at radius 2 is 2.13 bits per heavy atom. The van der Waals surface area contributed by atoms with Crippen molar-refractivity contribution in [1.82, 2.24) is 15.0 Å². The van der Waals surface area contributed by atoms with E-state index < -0.39 is 0 Å². The van der Waals surface area contributed by atoms with E-state index in [2.05, 4.69) is 15.0 Å². The normalized spacial score (nSPS) is 10.5. The molecular weight excluding hydrogens is 212 g/mol. The van der Waals surface area contributed by atoms with Crippen molar-refractivity contribution in [3.63, 3.8) is 0 Å². The summed E-state index contributed by atoms with van der Waals surface area (Å²) in [6.07, 6.45) is 3.03. The van der Waals surface area contributed by atoms with Crippen molar-refractivity contribution in [1.29, 1.82) is 0 Å². The summed E-state index contributed by atoms with van der Waals surface area (Å²) >= 11 is 1.34. The second kappa shape index (κ2) is 3.90. The molecule has 0 saturated heterocycles. The van der Waals surface area contributed by atoms with Crippen LogP contribution in [0, 0.1) is 13.8 Å². The highest BCUT2D eigenvalue weighted by atomic mass is 32.2. The van der Waals surface area contributed by atoms with Crippen LogP contribution in [0.25, 0.3) is 0 Å². The summed E-state index contributed by atoms with van der Waals surface area (Å²) in [5.74, 6) is 0.482. The molecule has 2 rings (SSSR count). The van der Waals surface area contributed by atoms with Crippen molar-refractivity contribution in [2.45, 2.75) is 24.1 Å². The Morgan fingerprint density at radius 1 is 1.33 bits per heavy atom. The maximum absolute atomic E-state index is 5.66. The fourth-order valence-corrected chi connectivity index (χ4v) is 1.82. The van der Waals surface area contributed by atoms with Gasteiger partial charge in [0.05, 0.1) is 5.69 Å². The molecule has 0 radical (unpaired) electrons. The number of anilines is 1. The van der Waals surface area contributed by atoms with E-state index in [4.69, 9.17) is 10.2 Å². The van der Waals surface area contributed by atoms with Gasteiger partial charge in [-0.2, -0.15) is 0 Å². The second-order valence-electron chi connectivity index (χ2n) is 3.05. The molecule has 2 N–H and O–H groups in total. The summed E-state index contributed by atoms with van der Waals surface area (Å²) in [6.45, 7) is 3.74. The van der Waals surface area contributed by atoms with Crippen LogP contribution in [0.3, 0.4) is 0 Å². The molecule has 2 aromatic rings. The van der Waals surface area contributed by atoms with Crippen LogP contribution < -0.4 is 5.73 Å². The van der Waals surface area contributed by atoms with Crippen LogP contribution in [0.4, 0.5) is 5.82 Å². The lowest BCUT2D eigenvalue weighted by molar-refractivity contribution is 0.453. The van der Waals surface area contributed by atoms with Gasteiger partial charge in [-0.1, -0.05) is 0 Å². The minimum atomic E-state index is 0.482. The number of oxazole rings is 1. The van der Waals surface area contributed by atoms with Crippen molar-refractivity contribution in [2.75, 3.05) is 5.73 Å². The Hall–Kier alpha value is -1.56. The summed E-state index contributed by atoms with van der Waals surface area (Å²) in [5, 5.41) is 1.33. The first kappa shape index (κ1) is 9.97. The molecule has 0 bridgehead atoms. The maximum Gasteiger partial charge on any atom is 0.262 e. The third-order valence-electron chi connectivity index (χ3n) is 1.86. The van der Waals surface area contributed by atoms with E-state index in [9.17, 15) is 0 Å². The number of nitrogens with two attached hydrogens (primary N) is 1. The Labute approximate surface area is 91.1 Å². The molecule has 0 aliphatic heterocycles. The minimum absolute atomic E-state index is 0.482. The SMILES string of the molecule is Cc1coc(Sc2ncnc(N)c2C)n1. The van der Waals surface area contributed by atoms with Crippen LogP contribution in [0.5, 0.6) is 0 Å². The highest BCUT2D eigenvalue weighted by molar-refractivity contribution is 7.99. The van der Waals surface area contributed by atoms with Gasteiger partial charge in [0, 0.05) is 5.56 Å². The fourth-order valence-electron chi connectivity index (χ4n) is 1.01. The van der Waals surface area contributed by atoms with E-state index in [0.29, 0.717) is 11.0 Å². The molecule has 0 aliphatic rings. The molecule has 0 unspecified atom stereocenters. The molecule has 15 heavy (non-hydrogen) atoms. The highest BCUT2D eigenvalue weighted by Crippen LogP contribution is 2.28. The third kappa shape index (κ3) is 2.10. The van der Waals surface area contributed by atoms with Gasteiger partial charge in [0.2, 0.25) is 0 Å². The predicted octanol–water partition coefficient (Wildman–Crippen LogP) is 1.81. The number of rotatable bonds is 2. The van der Waals surface area contributed by atoms with Crippen molar-refractivity contribution in [3.8, 4) is 0 Å². The van der Waals surface area contributed by atoms with Crippen molar-refractivity contribution >= 4 is 17.6 Å². The van der Waals surface area contributed by atoms with Crippen LogP contribution in [0.2, 0.25) is 0 Å². The topological polar surface area (TPSA) is 77.8 Å². The number of hydrogen-bond donors (Lipinski definition) is 1.